The van der Waals surface area contributed by atoms with Crippen molar-refractivity contribution in [3.8, 4) is 0 Å². The Morgan fingerprint density at radius 2 is 2.00 bits per heavy atom. The van der Waals surface area contributed by atoms with Crippen LogP contribution in [0.15, 0.2) is 0 Å². The fraction of sp³-hybridized carbons (Fsp3) is 0.800. The zero-order valence-corrected chi connectivity index (χ0v) is 11.8. The van der Waals surface area contributed by atoms with E-state index in [0.29, 0.717) is 13.0 Å². The van der Waals surface area contributed by atoms with Crippen molar-refractivity contribution in [2.45, 2.75) is 25.8 Å². The molecule has 8 nitrogen and oxygen atoms in total. The molecule has 0 saturated heterocycles. The fourth-order valence-electron chi connectivity index (χ4n) is 1.28. The minimum Gasteiger partial charge on any atom is -0.481 e. The van der Waals surface area contributed by atoms with Crippen LogP contribution in [0.3, 0.4) is 0 Å². The van der Waals surface area contributed by atoms with E-state index in [0.717, 1.165) is 0 Å². The first-order valence-corrected chi connectivity index (χ1v) is 7.39. The van der Waals surface area contributed by atoms with Crippen molar-refractivity contribution in [1.82, 2.24) is 10.0 Å². The minimum absolute atomic E-state index is 0.126. The number of carbonyl (C=O) groups excluding carboxylic acids is 1. The lowest BCUT2D eigenvalue weighted by molar-refractivity contribution is -0.137. The van der Waals surface area contributed by atoms with E-state index < -0.39 is 34.5 Å². The zero-order valence-electron chi connectivity index (χ0n) is 11.0. The van der Waals surface area contributed by atoms with Crippen LogP contribution in [0.4, 0.5) is 0 Å². The number of sulfonamides is 1. The normalized spacial score (nSPS) is 12.9. The average molecular weight is 296 g/mol. The number of ether oxygens (including phenoxy) is 1. The number of hydrogen-bond acceptors (Lipinski definition) is 5. The molecule has 3 N–H and O–H groups in total. The minimum atomic E-state index is -3.51. The van der Waals surface area contributed by atoms with Gasteiger partial charge in [-0.05, 0) is 13.3 Å². The molecule has 0 aromatic carbocycles. The van der Waals surface area contributed by atoms with Gasteiger partial charge in [-0.3, -0.25) is 9.59 Å². The molecule has 112 valence electrons. The van der Waals surface area contributed by atoms with Crippen molar-refractivity contribution in [3.63, 3.8) is 0 Å². The lowest BCUT2D eigenvalue weighted by Gasteiger charge is -2.12. The van der Waals surface area contributed by atoms with Gasteiger partial charge < -0.3 is 15.2 Å². The van der Waals surface area contributed by atoms with E-state index in [9.17, 15) is 18.0 Å². The molecule has 0 radical (unpaired) electrons. The lowest BCUT2D eigenvalue weighted by Crippen LogP contribution is -2.42. The highest BCUT2D eigenvalue weighted by molar-refractivity contribution is 7.89. The first-order valence-electron chi connectivity index (χ1n) is 5.74. The number of nitrogens with one attached hydrogen (secondary N) is 2. The van der Waals surface area contributed by atoms with Crippen LogP contribution in [0, 0.1) is 0 Å². The summed E-state index contributed by atoms with van der Waals surface area (Å²) >= 11 is 0. The molecule has 0 rings (SSSR count). The van der Waals surface area contributed by atoms with Crippen molar-refractivity contribution in [3.05, 3.63) is 0 Å². The smallest absolute Gasteiger partial charge is 0.305 e. The molecule has 0 aliphatic heterocycles. The molecule has 0 aliphatic carbocycles. The third-order valence-electron chi connectivity index (χ3n) is 2.10. The molecule has 0 spiro atoms. The summed E-state index contributed by atoms with van der Waals surface area (Å²) in [6, 6.07) is -0.553. The third-order valence-corrected chi connectivity index (χ3v) is 3.51. The second-order valence-electron chi connectivity index (χ2n) is 4.05. The van der Waals surface area contributed by atoms with Crippen molar-refractivity contribution < 1.29 is 27.9 Å². The Hall–Kier alpha value is -1.19. The van der Waals surface area contributed by atoms with Gasteiger partial charge in [0.05, 0.1) is 18.7 Å². The van der Waals surface area contributed by atoms with Crippen molar-refractivity contribution in [2.24, 2.45) is 0 Å². The zero-order chi connectivity index (χ0) is 14.9. The quantitative estimate of drug-likeness (QED) is 0.441. The van der Waals surface area contributed by atoms with Gasteiger partial charge >= 0.3 is 5.97 Å². The van der Waals surface area contributed by atoms with Gasteiger partial charge in [-0.2, -0.15) is 0 Å². The molecule has 0 aliphatic rings. The molecular weight excluding hydrogens is 276 g/mol. The summed E-state index contributed by atoms with van der Waals surface area (Å²) in [6.45, 7) is 1.45. The standard InChI is InChI=1S/C10H20N2O6S/c1-8(6-10(14)15)12-9(13)7-11-19(16,17)5-3-4-18-2/h8,11H,3-7H2,1-2H3,(H,12,13)(H,14,15). The maximum Gasteiger partial charge on any atom is 0.305 e. The van der Waals surface area contributed by atoms with Gasteiger partial charge in [0.15, 0.2) is 0 Å². The van der Waals surface area contributed by atoms with E-state index >= 15 is 0 Å². The SMILES string of the molecule is COCCCS(=O)(=O)NCC(=O)NC(C)CC(=O)O. The van der Waals surface area contributed by atoms with Crippen LogP contribution in [-0.4, -0.2) is 57.5 Å². The van der Waals surface area contributed by atoms with Crippen LogP contribution in [0.25, 0.3) is 0 Å². The Bertz CT molecular complexity index is 395. The highest BCUT2D eigenvalue weighted by Crippen LogP contribution is 1.92. The number of hydrogen-bond donors (Lipinski definition) is 3. The summed E-state index contributed by atoms with van der Waals surface area (Å²) in [5.41, 5.74) is 0. The van der Waals surface area contributed by atoms with E-state index in [-0.39, 0.29) is 12.2 Å². The summed E-state index contributed by atoms with van der Waals surface area (Å²) in [5.74, 6) is -1.73. The average Bonchev–Trinajstić information content (AvgIpc) is 2.25. The Morgan fingerprint density at radius 1 is 1.37 bits per heavy atom. The van der Waals surface area contributed by atoms with Crippen LogP contribution >= 0.6 is 0 Å². The first-order chi connectivity index (χ1) is 8.76. The van der Waals surface area contributed by atoms with Gasteiger partial charge in [0.1, 0.15) is 0 Å². The Kier molecular flexibility index (Phi) is 8.28. The van der Waals surface area contributed by atoms with Gasteiger partial charge in [0.2, 0.25) is 15.9 Å². The fourth-order valence-corrected chi connectivity index (χ4v) is 2.27. The van der Waals surface area contributed by atoms with E-state index in [1.165, 1.54) is 14.0 Å². The highest BCUT2D eigenvalue weighted by Gasteiger charge is 2.14. The second kappa shape index (κ2) is 8.83. The number of carbonyl (C=O) groups is 2. The molecule has 0 saturated carbocycles. The summed E-state index contributed by atoms with van der Waals surface area (Å²) in [7, 11) is -2.05. The van der Waals surface area contributed by atoms with E-state index in [1.54, 1.807) is 0 Å². The Balaban J connectivity index is 3.98. The number of rotatable bonds is 10. The second-order valence-corrected chi connectivity index (χ2v) is 5.98. The van der Waals surface area contributed by atoms with Gasteiger partial charge in [0.25, 0.3) is 0 Å². The Labute approximate surface area is 112 Å². The summed E-state index contributed by atoms with van der Waals surface area (Å²) < 4.78 is 29.7. The largest absolute Gasteiger partial charge is 0.481 e. The first kappa shape index (κ1) is 17.8. The molecule has 0 aromatic rings. The monoisotopic (exact) mass is 296 g/mol. The van der Waals surface area contributed by atoms with Crippen LogP contribution in [0.5, 0.6) is 0 Å². The van der Waals surface area contributed by atoms with Crippen LogP contribution < -0.4 is 10.0 Å². The van der Waals surface area contributed by atoms with Crippen molar-refractivity contribution in [2.75, 3.05) is 26.0 Å². The molecule has 1 amide bonds. The van der Waals surface area contributed by atoms with E-state index in [4.69, 9.17) is 9.84 Å². The number of amides is 1. The van der Waals surface area contributed by atoms with Gasteiger partial charge in [0, 0.05) is 19.8 Å². The molecule has 0 fully saturated rings. The summed E-state index contributed by atoms with van der Waals surface area (Å²) in [6.07, 6.45) is 0.120. The van der Waals surface area contributed by atoms with Crippen LogP contribution in [0.2, 0.25) is 0 Å². The molecule has 1 unspecified atom stereocenters. The van der Waals surface area contributed by atoms with Crippen molar-refractivity contribution in [1.29, 1.82) is 0 Å². The molecular formula is C10H20N2O6S. The number of carboxylic acid groups (broad SMARTS) is 1. The maximum absolute atomic E-state index is 11.4. The third kappa shape index (κ3) is 10.4. The topological polar surface area (TPSA) is 122 Å². The maximum atomic E-state index is 11.4. The van der Waals surface area contributed by atoms with Gasteiger partial charge in [-0.15, -0.1) is 0 Å². The summed E-state index contributed by atoms with van der Waals surface area (Å²) in [4.78, 5) is 21.7. The highest BCUT2D eigenvalue weighted by atomic mass is 32.2. The van der Waals surface area contributed by atoms with Gasteiger partial charge in [-0.1, -0.05) is 0 Å². The predicted octanol–water partition coefficient (Wildman–Crippen LogP) is -1.08. The number of aliphatic carboxylic acids is 1. The van der Waals surface area contributed by atoms with Gasteiger partial charge in [-0.25, -0.2) is 13.1 Å². The van der Waals surface area contributed by atoms with Crippen molar-refractivity contribution >= 4 is 21.9 Å². The molecule has 0 heterocycles. The molecule has 9 heteroatoms. The number of methoxy groups -OCH3 is 1. The number of carboxylic acids is 1. The predicted molar refractivity (Wildman–Crippen MR) is 68.1 cm³/mol. The summed E-state index contributed by atoms with van der Waals surface area (Å²) in [5, 5.41) is 10.9. The molecule has 19 heavy (non-hydrogen) atoms. The molecule has 0 bridgehead atoms. The van der Waals surface area contributed by atoms with E-state index in [2.05, 4.69) is 10.0 Å². The van der Waals surface area contributed by atoms with E-state index in [1.807, 2.05) is 0 Å². The van der Waals surface area contributed by atoms with Crippen LogP contribution in [-0.2, 0) is 24.3 Å². The Morgan fingerprint density at radius 3 is 2.53 bits per heavy atom. The van der Waals surface area contributed by atoms with Crippen LogP contribution in [0.1, 0.15) is 19.8 Å². The lowest BCUT2D eigenvalue weighted by atomic mass is 10.2. The molecule has 0 aromatic heterocycles. The molecule has 1 atom stereocenters.